The Hall–Kier alpha value is -0.940. The quantitative estimate of drug-likeness (QED) is 0.844. The van der Waals surface area contributed by atoms with Crippen LogP contribution in [0.3, 0.4) is 0 Å². The predicted octanol–water partition coefficient (Wildman–Crippen LogP) is 3.68. The van der Waals surface area contributed by atoms with E-state index >= 15 is 0 Å². The highest BCUT2D eigenvalue weighted by Crippen LogP contribution is 2.31. The molecule has 0 N–H and O–H groups in total. The van der Waals surface area contributed by atoms with Crippen LogP contribution < -0.4 is 4.90 Å². The third-order valence-corrected chi connectivity index (χ3v) is 4.77. The fourth-order valence-electron chi connectivity index (χ4n) is 2.36. The molecule has 2 aromatic rings. The van der Waals surface area contributed by atoms with Crippen molar-refractivity contribution in [2.75, 3.05) is 18.0 Å². The molecule has 0 radical (unpaired) electrons. The molecule has 1 aliphatic heterocycles. The summed E-state index contributed by atoms with van der Waals surface area (Å²) in [6.07, 6.45) is 6.02. The molecule has 0 saturated carbocycles. The molecule has 1 fully saturated rings. The van der Waals surface area contributed by atoms with Crippen LogP contribution in [0.15, 0.2) is 34.4 Å². The molecule has 0 atom stereocenters. The summed E-state index contributed by atoms with van der Waals surface area (Å²) < 4.78 is 0.930. The molecule has 3 heterocycles. The van der Waals surface area contributed by atoms with E-state index in [1.165, 1.54) is 17.7 Å². The predicted molar refractivity (Wildman–Crippen MR) is 78.2 cm³/mol. The number of anilines is 1. The van der Waals surface area contributed by atoms with E-state index in [9.17, 15) is 0 Å². The van der Waals surface area contributed by atoms with Crippen LogP contribution in [0.5, 0.6) is 0 Å². The minimum atomic E-state index is 0.719. The van der Waals surface area contributed by atoms with E-state index in [1.54, 1.807) is 0 Å². The van der Waals surface area contributed by atoms with Gasteiger partial charge in [0.1, 0.15) is 0 Å². The molecule has 3 nitrogen and oxygen atoms in total. The normalized spacial score (nSPS) is 17.1. The first-order chi connectivity index (χ1) is 8.83. The molecule has 94 valence electrons. The summed E-state index contributed by atoms with van der Waals surface area (Å²) in [5.41, 5.74) is 0. The van der Waals surface area contributed by atoms with Gasteiger partial charge in [0.15, 0.2) is 0 Å². The van der Waals surface area contributed by atoms with Crippen LogP contribution in [0, 0.1) is 0 Å². The van der Waals surface area contributed by atoms with Gasteiger partial charge in [-0.05, 0) is 46.1 Å². The molecule has 0 bridgehead atoms. The molecular formula is C13H14BrN3S. The maximum Gasteiger partial charge on any atom is 0.225 e. The van der Waals surface area contributed by atoms with Crippen LogP contribution in [0.2, 0.25) is 0 Å². The first kappa shape index (κ1) is 12.1. The second-order valence-corrected chi connectivity index (χ2v) is 6.37. The second-order valence-electron chi connectivity index (χ2n) is 4.48. The first-order valence-corrected chi connectivity index (χ1v) is 7.76. The lowest BCUT2D eigenvalue weighted by atomic mass is 9.95. The second kappa shape index (κ2) is 5.36. The molecule has 0 aliphatic carbocycles. The fourth-order valence-corrected chi connectivity index (χ4v) is 3.46. The summed E-state index contributed by atoms with van der Waals surface area (Å²) in [6.45, 7) is 2.09. The molecule has 1 saturated heterocycles. The largest absolute Gasteiger partial charge is 0.341 e. The number of rotatable bonds is 2. The lowest BCUT2D eigenvalue weighted by Crippen LogP contribution is -2.33. The molecule has 0 aromatic carbocycles. The van der Waals surface area contributed by atoms with Gasteiger partial charge in [0, 0.05) is 30.4 Å². The topological polar surface area (TPSA) is 29.0 Å². The lowest BCUT2D eigenvalue weighted by Gasteiger charge is -2.31. The highest BCUT2D eigenvalue weighted by Gasteiger charge is 2.22. The maximum absolute atomic E-state index is 4.36. The molecule has 1 aliphatic rings. The number of thiophene rings is 1. The first-order valence-electron chi connectivity index (χ1n) is 6.09. The van der Waals surface area contributed by atoms with Crippen LogP contribution in [0.25, 0.3) is 0 Å². The number of aromatic nitrogens is 2. The van der Waals surface area contributed by atoms with Crippen molar-refractivity contribution in [1.29, 1.82) is 0 Å². The molecule has 5 heteroatoms. The van der Waals surface area contributed by atoms with Crippen molar-refractivity contribution in [2.45, 2.75) is 18.8 Å². The molecule has 0 amide bonds. The van der Waals surface area contributed by atoms with Gasteiger partial charge < -0.3 is 4.90 Å². The van der Waals surface area contributed by atoms with Gasteiger partial charge in [-0.25, -0.2) is 9.97 Å². The van der Waals surface area contributed by atoms with Gasteiger partial charge in [-0.2, -0.15) is 0 Å². The SMILES string of the molecule is Brc1cnc(N2CCC(c3cccs3)CC2)nc1. The van der Waals surface area contributed by atoms with E-state index in [-0.39, 0.29) is 0 Å². The van der Waals surface area contributed by atoms with Gasteiger partial charge in [0.05, 0.1) is 4.47 Å². The minimum Gasteiger partial charge on any atom is -0.341 e. The van der Waals surface area contributed by atoms with E-state index in [4.69, 9.17) is 0 Å². The average Bonchev–Trinajstić information content (AvgIpc) is 2.94. The Morgan fingerprint density at radius 3 is 2.56 bits per heavy atom. The molecular weight excluding hydrogens is 310 g/mol. The summed E-state index contributed by atoms with van der Waals surface area (Å²) in [6, 6.07) is 4.39. The zero-order valence-corrected chi connectivity index (χ0v) is 12.3. The Kier molecular flexibility index (Phi) is 3.61. The van der Waals surface area contributed by atoms with Crippen LogP contribution in [0.4, 0.5) is 5.95 Å². The van der Waals surface area contributed by atoms with Gasteiger partial charge in [0.2, 0.25) is 5.95 Å². The van der Waals surface area contributed by atoms with Crippen LogP contribution in [-0.2, 0) is 0 Å². The minimum absolute atomic E-state index is 0.719. The maximum atomic E-state index is 4.36. The van der Waals surface area contributed by atoms with Crippen molar-refractivity contribution in [3.8, 4) is 0 Å². The van der Waals surface area contributed by atoms with Gasteiger partial charge in [-0.3, -0.25) is 0 Å². The fraction of sp³-hybridized carbons (Fsp3) is 0.385. The number of hydrogen-bond donors (Lipinski definition) is 0. The van der Waals surface area contributed by atoms with Crippen molar-refractivity contribution in [3.63, 3.8) is 0 Å². The third-order valence-electron chi connectivity index (χ3n) is 3.33. The van der Waals surface area contributed by atoms with Gasteiger partial charge in [-0.15, -0.1) is 11.3 Å². The van der Waals surface area contributed by atoms with Crippen molar-refractivity contribution in [3.05, 3.63) is 39.3 Å². The average molecular weight is 324 g/mol. The zero-order chi connectivity index (χ0) is 12.4. The highest BCUT2D eigenvalue weighted by atomic mass is 79.9. The van der Waals surface area contributed by atoms with E-state index < -0.39 is 0 Å². The number of hydrogen-bond acceptors (Lipinski definition) is 4. The van der Waals surface area contributed by atoms with Crippen LogP contribution in [0.1, 0.15) is 23.6 Å². The van der Waals surface area contributed by atoms with Crippen molar-refractivity contribution >= 4 is 33.2 Å². The summed E-state index contributed by atoms with van der Waals surface area (Å²) in [5.74, 6) is 1.57. The highest BCUT2D eigenvalue weighted by molar-refractivity contribution is 9.10. The smallest absolute Gasteiger partial charge is 0.225 e. The van der Waals surface area contributed by atoms with Gasteiger partial charge in [-0.1, -0.05) is 6.07 Å². The summed E-state index contributed by atoms with van der Waals surface area (Å²) in [4.78, 5) is 12.5. The van der Waals surface area contributed by atoms with Crippen LogP contribution in [-0.4, -0.2) is 23.1 Å². The van der Waals surface area contributed by atoms with E-state index in [1.807, 2.05) is 23.7 Å². The van der Waals surface area contributed by atoms with Crippen molar-refractivity contribution in [2.24, 2.45) is 0 Å². The third kappa shape index (κ3) is 2.57. The number of piperidine rings is 1. The van der Waals surface area contributed by atoms with E-state index in [0.29, 0.717) is 0 Å². The molecule has 2 aromatic heterocycles. The Balaban J connectivity index is 1.65. The molecule has 0 spiro atoms. The Morgan fingerprint density at radius 1 is 1.22 bits per heavy atom. The van der Waals surface area contributed by atoms with Gasteiger partial charge in [0.25, 0.3) is 0 Å². The molecule has 3 rings (SSSR count). The Morgan fingerprint density at radius 2 is 1.94 bits per heavy atom. The lowest BCUT2D eigenvalue weighted by molar-refractivity contribution is 0.505. The van der Waals surface area contributed by atoms with E-state index in [0.717, 1.165) is 29.4 Å². The summed E-state index contributed by atoms with van der Waals surface area (Å²) >= 11 is 5.24. The van der Waals surface area contributed by atoms with Crippen LogP contribution >= 0.6 is 27.3 Å². The Labute approximate surface area is 119 Å². The monoisotopic (exact) mass is 323 g/mol. The standard InChI is InChI=1S/C13H14BrN3S/c14-11-8-15-13(16-9-11)17-5-3-10(4-6-17)12-2-1-7-18-12/h1-2,7-10H,3-6H2. The van der Waals surface area contributed by atoms with Crippen molar-refractivity contribution < 1.29 is 0 Å². The summed E-state index contributed by atoms with van der Waals surface area (Å²) in [5, 5.41) is 2.17. The molecule has 0 unspecified atom stereocenters. The summed E-state index contributed by atoms with van der Waals surface area (Å²) in [7, 11) is 0. The number of halogens is 1. The van der Waals surface area contributed by atoms with Crippen molar-refractivity contribution in [1.82, 2.24) is 9.97 Å². The number of nitrogens with zero attached hydrogens (tertiary/aromatic N) is 3. The molecule has 18 heavy (non-hydrogen) atoms. The zero-order valence-electron chi connectivity index (χ0n) is 9.92. The van der Waals surface area contributed by atoms with E-state index in [2.05, 4.69) is 48.3 Å². The Bertz CT molecular complexity index is 489. The van der Waals surface area contributed by atoms with Gasteiger partial charge >= 0.3 is 0 Å².